The van der Waals surface area contributed by atoms with Crippen LogP contribution in [0.5, 0.6) is 0 Å². The van der Waals surface area contributed by atoms with Crippen LogP contribution in [0.15, 0.2) is 80.8 Å². The van der Waals surface area contributed by atoms with Gasteiger partial charge in [0.1, 0.15) is 17.1 Å². The maximum Gasteiger partial charge on any atom is 0.438 e. The van der Waals surface area contributed by atoms with Crippen LogP contribution in [-0.4, -0.2) is 67.9 Å². The molecule has 12 nitrogen and oxygen atoms in total. The zero-order valence-corrected chi connectivity index (χ0v) is 33.0. The maximum atomic E-state index is 15.0. The van der Waals surface area contributed by atoms with E-state index >= 15 is 4.79 Å². The molecule has 6 heterocycles. The summed E-state index contributed by atoms with van der Waals surface area (Å²) in [7, 11) is 0. The van der Waals surface area contributed by atoms with Gasteiger partial charge in [-0.15, -0.1) is 0 Å². The Labute approximate surface area is 334 Å². The van der Waals surface area contributed by atoms with Crippen molar-refractivity contribution in [3.8, 4) is 5.69 Å². The van der Waals surface area contributed by atoms with E-state index in [1.165, 1.54) is 11.1 Å². The van der Waals surface area contributed by atoms with Gasteiger partial charge in [0.2, 0.25) is 5.95 Å². The second-order valence-corrected chi connectivity index (χ2v) is 16.7. The SMILES string of the molecule is Cc1cc(-n2c(N3CCC(c4ccccc4)C3)nc3c(c2=O)CCN(C(=O)c2cc4cc(C5CCOCC5)ccc4n2[C@@]2(c4noc(=O)[nH]4)C[C@@H]2C)C3)cc(C)c1F. The molecule has 0 radical (unpaired) electrons. The van der Waals surface area contributed by atoms with Gasteiger partial charge in [0.25, 0.3) is 11.5 Å². The summed E-state index contributed by atoms with van der Waals surface area (Å²) in [6.07, 6.45) is 3.74. The van der Waals surface area contributed by atoms with Crippen LogP contribution >= 0.6 is 0 Å². The molecule has 3 fully saturated rings. The molecule has 1 amide bonds. The Kier molecular flexibility index (Phi) is 8.77. The maximum absolute atomic E-state index is 15.0. The molecule has 3 aromatic heterocycles. The molecular formula is C45H46FN7O5. The number of aromatic amines is 1. The first-order chi connectivity index (χ1) is 28.1. The summed E-state index contributed by atoms with van der Waals surface area (Å²) in [4.78, 5) is 54.0. The summed E-state index contributed by atoms with van der Waals surface area (Å²) in [6.45, 7) is 8.76. The number of nitrogens with one attached hydrogen (secondary N) is 1. The van der Waals surface area contributed by atoms with Crippen molar-refractivity contribution in [2.75, 3.05) is 37.7 Å². The molecule has 1 N–H and O–H groups in total. The lowest BCUT2D eigenvalue weighted by atomic mass is 9.91. The third kappa shape index (κ3) is 5.92. The first-order valence-electron chi connectivity index (χ1n) is 20.4. The standard InChI is InChI=1S/C45H46FN7O5/c1-26-19-34(20-27(2)39(26)46)52-40(54)35-12-16-50(25-36(35)47-43(52)51-15-11-32(24-51)29-7-5-4-6-8-29)41(55)38-22-33-21-31(30-13-17-57-18-14-30)9-10-37(33)53(38)45(23-28(45)3)42-48-44(56)58-49-42/h4-10,19-22,28,30,32H,11-18,23-25H2,1-3H3,(H,48,49,56)/t28-,32?,45-/m0/s1. The Balaban J connectivity index is 1.06. The number of H-pyrrole nitrogens is 1. The van der Waals surface area contributed by atoms with Crippen LogP contribution in [-0.2, 0) is 23.2 Å². The highest BCUT2D eigenvalue weighted by Gasteiger charge is 2.59. The third-order valence-corrected chi connectivity index (χ3v) is 13.2. The fraction of sp³-hybridized carbons (Fsp3) is 0.400. The molecule has 58 heavy (non-hydrogen) atoms. The number of aromatic nitrogens is 5. The number of hydrogen-bond donors (Lipinski definition) is 1. The predicted octanol–water partition coefficient (Wildman–Crippen LogP) is 6.49. The average molecular weight is 784 g/mol. The predicted molar refractivity (Wildman–Crippen MR) is 216 cm³/mol. The summed E-state index contributed by atoms with van der Waals surface area (Å²) in [5.74, 6) is 0.449. The van der Waals surface area contributed by atoms with Gasteiger partial charge in [0.05, 0.1) is 17.9 Å². The highest BCUT2D eigenvalue weighted by Crippen LogP contribution is 2.56. The van der Waals surface area contributed by atoms with E-state index in [4.69, 9.17) is 14.2 Å². The number of nitrogens with zero attached hydrogens (tertiary/aromatic N) is 6. The third-order valence-electron chi connectivity index (χ3n) is 13.2. The zero-order valence-electron chi connectivity index (χ0n) is 33.0. The minimum atomic E-state index is -0.775. The number of anilines is 1. The lowest BCUT2D eigenvalue weighted by molar-refractivity contribution is 0.0717. The van der Waals surface area contributed by atoms with Crippen LogP contribution in [0.1, 0.15) is 94.3 Å². The molecular weight excluding hydrogens is 738 g/mol. The number of halogens is 1. The fourth-order valence-electron chi connectivity index (χ4n) is 9.93. The van der Waals surface area contributed by atoms with Gasteiger partial charge in [0.15, 0.2) is 5.82 Å². The van der Waals surface area contributed by atoms with E-state index in [0.29, 0.717) is 83.9 Å². The lowest BCUT2D eigenvalue weighted by Gasteiger charge is -2.31. The van der Waals surface area contributed by atoms with Crippen LogP contribution < -0.4 is 16.2 Å². The fourth-order valence-corrected chi connectivity index (χ4v) is 9.93. The van der Waals surface area contributed by atoms with Crippen molar-refractivity contribution in [1.29, 1.82) is 0 Å². The number of amides is 1. The van der Waals surface area contributed by atoms with Gasteiger partial charge in [-0.05, 0) is 110 Å². The number of hydrogen-bond acceptors (Lipinski definition) is 8. The Bertz CT molecular complexity index is 2690. The van der Waals surface area contributed by atoms with Gasteiger partial charge in [-0.25, -0.2) is 18.7 Å². The molecule has 1 saturated carbocycles. The van der Waals surface area contributed by atoms with Gasteiger partial charge >= 0.3 is 5.76 Å². The molecule has 4 aliphatic rings. The molecule has 0 bridgehead atoms. The van der Waals surface area contributed by atoms with Crippen molar-refractivity contribution in [2.45, 2.75) is 76.8 Å². The quantitative estimate of drug-likeness (QED) is 0.195. The van der Waals surface area contributed by atoms with Crippen molar-refractivity contribution < 1.29 is 18.4 Å². The second-order valence-electron chi connectivity index (χ2n) is 16.7. The van der Waals surface area contributed by atoms with Crippen molar-refractivity contribution >= 4 is 22.8 Å². The lowest BCUT2D eigenvalue weighted by Crippen LogP contribution is -2.43. The van der Waals surface area contributed by atoms with E-state index in [2.05, 4.69) is 56.9 Å². The highest BCUT2D eigenvalue weighted by atomic mass is 19.1. The number of rotatable bonds is 7. The van der Waals surface area contributed by atoms with Crippen LogP contribution in [0, 0.1) is 25.6 Å². The van der Waals surface area contributed by atoms with Crippen molar-refractivity contribution in [1.82, 2.24) is 29.2 Å². The Hall–Kier alpha value is -5.82. The van der Waals surface area contributed by atoms with Gasteiger partial charge in [0, 0.05) is 55.2 Å². The van der Waals surface area contributed by atoms with Gasteiger partial charge in [-0.2, -0.15) is 0 Å². The van der Waals surface area contributed by atoms with E-state index in [1.807, 2.05) is 24.3 Å². The molecule has 298 valence electrons. The van der Waals surface area contributed by atoms with Crippen LogP contribution in [0.25, 0.3) is 16.6 Å². The van der Waals surface area contributed by atoms with Gasteiger partial charge in [-0.1, -0.05) is 48.5 Å². The smallest absolute Gasteiger partial charge is 0.381 e. The molecule has 3 aliphatic heterocycles. The summed E-state index contributed by atoms with van der Waals surface area (Å²) < 4.78 is 29.3. The molecule has 10 rings (SSSR count). The molecule has 6 aromatic rings. The molecule has 3 aromatic carbocycles. The molecule has 0 spiro atoms. The minimum Gasteiger partial charge on any atom is -0.381 e. The number of aryl methyl sites for hydroxylation is 2. The first kappa shape index (κ1) is 36.5. The van der Waals surface area contributed by atoms with Crippen molar-refractivity contribution in [3.63, 3.8) is 0 Å². The molecule has 1 aliphatic carbocycles. The number of carbonyl (C=O) groups excluding carboxylic acids is 1. The monoisotopic (exact) mass is 783 g/mol. The second kappa shape index (κ2) is 13.9. The molecule has 13 heteroatoms. The number of benzene rings is 3. The van der Waals surface area contributed by atoms with Crippen molar-refractivity contribution in [2.24, 2.45) is 5.92 Å². The highest BCUT2D eigenvalue weighted by molar-refractivity contribution is 5.99. The zero-order chi connectivity index (χ0) is 39.9. The minimum absolute atomic E-state index is 0.0641. The first-order valence-corrected chi connectivity index (χ1v) is 20.4. The van der Waals surface area contributed by atoms with Gasteiger partial charge in [-0.3, -0.25) is 19.1 Å². The molecule has 2 saturated heterocycles. The summed E-state index contributed by atoms with van der Waals surface area (Å²) in [5, 5.41) is 5.09. The van der Waals surface area contributed by atoms with E-state index in [-0.39, 0.29) is 35.7 Å². The topological polar surface area (TPSA) is 131 Å². The number of ether oxygens (including phenoxy) is 1. The number of carbonyl (C=O) groups is 1. The molecule has 3 atom stereocenters. The van der Waals surface area contributed by atoms with Crippen LogP contribution in [0.3, 0.4) is 0 Å². The van der Waals surface area contributed by atoms with E-state index in [0.717, 1.165) is 43.4 Å². The van der Waals surface area contributed by atoms with Crippen LogP contribution in [0.2, 0.25) is 0 Å². The summed E-state index contributed by atoms with van der Waals surface area (Å²) >= 11 is 0. The normalized spacial score (nSPS) is 22.1. The van der Waals surface area contributed by atoms with Crippen molar-refractivity contribution in [3.05, 3.63) is 138 Å². The van der Waals surface area contributed by atoms with E-state index in [9.17, 15) is 14.0 Å². The molecule has 1 unspecified atom stereocenters. The Morgan fingerprint density at radius 2 is 1.69 bits per heavy atom. The Morgan fingerprint density at radius 3 is 2.40 bits per heavy atom. The Morgan fingerprint density at radius 1 is 0.931 bits per heavy atom. The summed E-state index contributed by atoms with van der Waals surface area (Å²) in [6, 6.07) is 22.2. The largest absolute Gasteiger partial charge is 0.438 e. The van der Waals surface area contributed by atoms with Gasteiger partial charge < -0.3 is 19.1 Å². The number of fused-ring (bicyclic) bond motifs is 2. The van der Waals surface area contributed by atoms with E-state index in [1.54, 1.807) is 35.4 Å². The average Bonchev–Trinajstić information content (AvgIpc) is 3.66. The summed E-state index contributed by atoms with van der Waals surface area (Å²) in [5.41, 5.74) is 5.43. The van der Waals surface area contributed by atoms with E-state index < -0.39 is 11.3 Å². The van der Waals surface area contributed by atoms with Crippen LogP contribution in [0.4, 0.5) is 10.3 Å².